The summed E-state index contributed by atoms with van der Waals surface area (Å²) in [6, 6.07) is 14.6. The van der Waals surface area contributed by atoms with Crippen LogP contribution in [0.4, 0.5) is 10.2 Å². The molecule has 0 radical (unpaired) electrons. The summed E-state index contributed by atoms with van der Waals surface area (Å²) in [6.07, 6.45) is 4.96. The zero-order valence-electron chi connectivity index (χ0n) is 15.1. The molecular formula is C22H22ClFN2O. The molecule has 0 unspecified atom stereocenters. The number of halogens is 2. The zero-order chi connectivity index (χ0) is 18.6. The summed E-state index contributed by atoms with van der Waals surface area (Å²) in [7, 11) is 0. The van der Waals surface area contributed by atoms with E-state index in [1.807, 2.05) is 18.2 Å². The average molecular weight is 385 g/mol. The van der Waals surface area contributed by atoms with Crippen LogP contribution in [0.5, 0.6) is 5.75 Å². The molecule has 0 aliphatic carbocycles. The van der Waals surface area contributed by atoms with Crippen molar-refractivity contribution in [2.45, 2.75) is 32.3 Å². The van der Waals surface area contributed by atoms with Gasteiger partial charge in [0, 0.05) is 24.0 Å². The number of pyridine rings is 1. The molecule has 140 valence electrons. The van der Waals surface area contributed by atoms with Crippen molar-refractivity contribution in [3.63, 3.8) is 0 Å². The fraction of sp³-hybridized carbons (Fsp3) is 0.318. The van der Waals surface area contributed by atoms with E-state index in [9.17, 15) is 4.39 Å². The molecular weight excluding hydrogens is 363 g/mol. The third kappa shape index (κ3) is 4.01. The first-order chi connectivity index (χ1) is 13.2. The van der Waals surface area contributed by atoms with Crippen molar-refractivity contribution >= 4 is 28.3 Å². The molecule has 0 amide bonds. The highest BCUT2D eigenvalue weighted by molar-refractivity contribution is 6.31. The molecule has 1 fully saturated rings. The molecule has 0 atom stereocenters. The maximum Gasteiger partial charge on any atom is 0.146 e. The van der Waals surface area contributed by atoms with E-state index in [2.05, 4.69) is 17.0 Å². The molecule has 27 heavy (non-hydrogen) atoms. The molecule has 0 N–H and O–H groups in total. The maximum atomic E-state index is 14.0. The number of ether oxygens (including phenoxy) is 1. The van der Waals surface area contributed by atoms with Crippen LogP contribution in [0.25, 0.3) is 10.9 Å². The Bertz CT molecular complexity index is 918. The molecule has 0 spiro atoms. The molecule has 3 nitrogen and oxygen atoms in total. The summed E-state index contributed by atoms with van der Waals surface area (Å²) in [6.45, 7) is 2.14. The van der Waals surface area contributed by atoms with E-state index in [0.717, 1.165) is 29.8 Å². The van der Waals surface area contributed by atoms with Crippen LogP contribution >= 0.6 is 11.6 Å². The summed E-state index contributed by atoms with van der Waals surface area (Å²) in [4.78, 5) is 7.22. The smallest absolute Gasteiger partial charge is 0.146 e. The number of fused-ring (bicyclic) bond motifs is 1. The fourth-order valence-corrected chi connectivity index (χ4v) is 3.74. The number of benzene rings is 2. The molecule has 1 aromatic heterocycles. The lowest BCUT2D eigenvalue weighted by Crippen LogP contribution is -2.24. The first-order valence-electron chi connectivity index (χ1n) is 9.43. The van der Waals surface area contributed by atoms with Gasteiger partial charge in [-0.05, 0) is 43.2 Å². The summed E-state index contributed by atoms with van der Waals surface area (Å²) in [5, 5.41) is 1.37. The van der Waals surface area contributed by atoms with Crippen LogP contribution < -0.4 is 9.64 Å². The Labute approximate surface area is 163 Å². The number of aromatic nitrogens is 1. The number of anilines is 1. The molecule has 0 bridgehead atoms. The minimum absolute atomic E-state index is 0.0697. The predicted molar refractivity (Wildman–Crippen MR) is 108 cm³/mol. The summed E-state index contributed by atoms with van der Waals surface area (Å²) < 4.78 is 20.0. The zero-order valence-corrected chi connectivity index (χ0v) is 15.9. The second-order valence-corrected chi connectivity index (χ2v) is 7.29. The Morgan fingerprint density at radius 2 is 1.74 bits per heavy atom. The van der Waals surface area contributed by atoms with Crippen LogP contribution in [0.15, 0.2) is 48.5 Å². The highest BCUT2D eigenvalue weighted by Crippen LogP contribution is 2.29. The topological polar surface area (TPSA) is 25.4 Å². The van der Waals surface area contributed by atoms with Crippen molar-refractivity contribution in [1.82, 2.24) is 4.98 Å². The SMILES string of the molecule is Fc1cccc(Cl)c1COc1cccc2ccc(N3CCCCCC3)nc12. The predicted octanol–water partition coefficient (Wildman–Crippen LogP) is 5.99. The molecule has 5 heteroatoms. The molecule has 1 aliphatic heterocycles. The van der Waals surface area contributed by atoms with E-state index in [1.54, 1.807) is 12.1 Å². The van der Waals surface area contributed by atoms with Gasteiger partial charge in [-0.15, -0.1) is 0 Å². The molecule has 3 aromatic rings. The van der Waals surface area contributed by atoms with E-state index < -0.39 is 0 Å². The van der Waals surface area contributed by atoms with Crippen molar-refractivity contribution in [3.8, 4) is 5.75 Å². The van der Waals surface area contributed by atoms with Gasteiger partial charge in [0.1, 0.15) is 29.5 Å². The van der Waals surface area contributed by atoms with Gasteiger partial charge < -0.3 is 9.64 Å². The number of para-hydroxylation sites is 1. The Balaban J connectivity index is 1.63. The third-order valence-corrected chi connectivity index (χ3v) is 5.39. The van der Waals surface area contributed by atoms with Gasteiger partial charge in [-0.25, -0.2) is 9.37 Å². The summed E-state index contributed by atoms with van der Waals surface area (Å²) in [5.74, 6) is 1.26. The number of hydrogen-bond acceptors (Lipinski definition) is 3. The highest BCUT2D eigenvalue weighted by Gasteiger charge is 2.14. The first kappa shape index (κ1) is 18.1. The molecule has 4 rings (SSSR count). The lowest BCUT2D eigenvalue weighted by atomic mass is 10.2. The van der Waals surface area contributed by atoms with Gasteiger partial charge in [0.2, 0.25) is 0 Å². The van der Waals surface area contributed by atoms with E-state index in [1.165, 1.54) is 31.7 Å². The van der Waals surface area contributed by atoms with Crippen LogP contribution in [0.1, 0.15) is 31.2 Å². The van der Waals surface area contributed by atoms with E-state index in [0.29, 0.717) is 16.3 Å². The van der Waals surface area contributed by atoms with Crippen LogP contribution in [0.2, 0.25) is 5.02 Å². The molecule has 1 aliphatic rings. The van der Waals surface area contributed by atoms with Crippen molar-refractivity contribution in [3.05, 3.63) is 64.9 Å². The molecule has 2 aromatic carbocycles. The highest BCUT2D eigenvalue weighted by atomic mass is 35.5. The van der Waals surface area contributed by atoms with Crippen LogP contribution in [-0.4, -0.2) is 18.1 Å². The van der Waals surface area contributed by atoms with E-state index in [-0.39, 0.29) is 12.4 Å². The Kier molecular flexibility index (Phi) is 5.44. The minimum Gasteiger partial charge on any atom is -0.486 e. The summed E-state index contributed by atoms with van der Waals surface area (Å²) in [5.41, 5.74) is 1.16. The maximum absolute atomic E-state index is 14.0. The Morgan fingerprint density at radius 1 is 0.963 bits per heavy atom. The van der Waals surface area contributed by atoms with Crippen LogP contribution in [0, 0.1) is 5.82 Å². The van der Waals surface area contributed by atoms with Gasteiger partial charge in [-0.3, -0.25) is 0 Å². The van der Waals surface area contributed by atoms with E-state index in [4.69, 9.17) is 21.3 Å². The van der Waals surface area contributed by atoms with Crippen molar-refractivity contribution < 1.29 is 9.13 Å². The van der Waals surface area contributed by atoms with Gasteiger partial charge in [0.05, 0.1) is 5.02 Å². The largest absolute Gasteiger partial charge is 0.486 e. The molecule has 2 heterocycles. The second-order valence-electron chi connectivity index (χ2n) is 6.89. The number of hydrogen-bond donors (Lipinski definition) is 0. The van der Waals surface area contributed by atoms with Crippen molar-refractivity contribution in [1.29, 1.82) is 0 Å². The fourth-order valence-electron chi connectivity index (χ4n) is 3.52. The number of nitrogens with zero attached hydrogens (tertiary/aromatic N) is 2. The van der Waals surface area contributed by atoms with Gasteiger partial charge >= 0.3 is 0 Å². The minimum atomic E-state index is -0.360. The van der Waals surface area contributed by atoms with Crippen molar-refractivity contribution in [2.24, 2.45) is 0 Å². The Hall–Kier alpha value is -2.33. The van der Waals surface area contributed by atoms with Gasteiger partial charge in [0.25, 0.3) is 0 Å². The third-order valence-electron chi connectivity index (χ3n) is 5.03. The number of rotatable bonds is 4. The van der Waals surface area contributed by atoms with E-state index >= 15 is 0 Å². The lowest BCUT2D eigenvalue weighted by Gasteiger charge is -2.22. The first-order valence-corrected chi connectivity index (χ1v) is 9.80. The quantitative estimate of drug-likeness (QED) is 0.552. The average Bonchev–Trinajstić information content (AvgIpc) is 2.97. The lowest BCUT2D eigenvalue weighted by molar-refractivity contribution is 0.303. The second kappa shape index (κ2) is 8.13. The Morgan fingerprint density at radius 3 is 2.52 bits per heavy atom. The normalized spacial score (nSPS) is 15.0. The van der Waals surface area contributed by atoms with Gasteiger partial charge in [-0.2, -0.15) is 0 Å². The van der Waals surface area contributed by atoms with Crippen LogP contribution in [0.3, 0.4) is 0 Å². The molecule has 1 saturated heterocycles. The molecule has 0 saturated carbocycles. The standard InChI is InChI=1S/C22H22ClFN2O/c23-18-8-6-9-19(24)17(18)15-27-20-10-5-7-16-11-12-21(25-22(16)20)26-13-3-1-2-4-14-26/h5-12H,1-4,13-15H2. The summed E-state index contributed by atoms with van der Waals surface area (Å²) >= 11 is 6.11. The monoisotopic (exact) mass is 384 g/mol. The van der Waals surface area contributed by atoms with Gasteiger partial charge in [-0.1, -0.05) is 42.6 Å². The van der Waals surface area contributed by atoms with Crippen molar-refractivity contribution in [2.75, 3.05) is 18.0 Å². The van der Waals surface area contributed by atoms with Gasteiger partial charge in [0.15, 0.2) is 0 Å². The van der Waals surface area contributed by atoms with Crippen LogP contribution in [-0.2, 0) is 6.61 Å².